The van der Waals surface area contributed by atoms with Crippen LogP contribution >= 0.6 is 0 Å². The molecule has 2 amide bonds. The number of amides is 2. The Hall–Kier alpha value is -3.06. The second-order valence-electron chi connectivity index (χ2n) is 8.15. The fraction of sp³-hybridized carbons (Fsp3) is 0.417. The molecule has 7 nitrogen and oxygen atoms in total. The van der Waals surface area contributed by atoms with Crippen LogP contribution in [0.2, 0.25) is 0 Å². The Morgan fingerprint density at radius 3 is 2.71 bits per heavy atom. The van der Waals surface area contributed by atoms with Gasteiger partial charge in [-0.15, -0.1) is 0 Å². The van der Waals surface area contributed by atoms with Crippen LogP contribution < -0.4 is 20.3 Å². The Kier molecular flexibility index (Phi) is 6.72. The Bertz CT molecular complexity index is 938. The first-order valence-electron chi connectivity index (χ1n) is 11.0. The maximum Gasteiger partial charge on any atom is 0.262 e. The van der Waals surface area contributed by atoms with Gasteiger partial charge in [-0.3, -0.25) is 14.5 Å². The number of benzene rings is 2. The zero-order chi connectivity index (χ0) is 21.6. The van der Waals surface area contributed by atoms with Gasteiger partial charge >= 0.3 is 0 Å². The van der Waals surface area contributed by atoms with Crippen LogP contribution in [0.5, 0.6) is 5.75 Å². The van der Waals surface area contributed by atoms with Crippen molar-refractivity contribution in [3.63, 3.8) is 0 Å². The summed E-state index contributed by atoms with van der Waals surface area (Å²) in [6.07, 6.45) is 1.97. The number of ether oxygens (including phenoxy) is 1. The molecule has 4 rings (SSSR count). The number of carbonyl (C=O) groups is 2. The summed E-state index contributed by atoms with van der Waals surface area (Å²) in [7, 11) is 0. The van der Waals surface area contributed by atoms with Crippen molar-refractivity contribution in [2.45, 2.75) is 19.8 Å². The number of carbonyl (C=O) groups excluding carboxylic acids is 2. The molecule has 0 radical (unpaired) electrons. The molecule has 0 unspecified atom stereocenters. The van der Waals surface area contributed by atoms with E-state index in [-0.39, 0.29) is 18.4 Å². The summed E-state index contributed by atoms with van der Waals surface area (Å²) in [4.78, 5) is 28.9. The Labute approximate surface area is 183 Å². The van der Waals surface area contributed by atoms with Gasteiger partial charge in [0.2, 0.25) is 0 Å². The monoisotopic (exact) mass is 422 g/mol. The van der Waals surface area contributed by atoms with Crippen molar-refractivity contribution in [3.8, 4) is 5.75 Å². The number of nitrogens with one attached hydrogen (secondary N) is 2. The highest BCUT2D eigenvalue weighted by atomic mass is 16.5. The van der Waals surface area contributed by atoms with Crippen molar-refractivity contribution >= 4 is 23.2 Å². The third-order valence-electron chi connectivity index (χ3n) is 5.81. The maximum absolute atomic E-state index is 12.5. The number of nitrogens with zero attached hydrogens (tertiary/aromatic N) is 2. The number of para-hydroxylation sites is 1. The molecule has 1 saturated heterocycles. The van der Waals surface area contributed by atoms with Gasteiger partial charge in [0, 0.05) is 38.4 Å². The summed E-state index contributed by atoms with van der Waals surface area (Å²) < 4.78 is 5.46. The van der Waals surface area contributed by atoms with Crippen molar-refractivity contribution in [3.05, 3.63) is 53.6 Å². The summed E-state index contributed by atoms with van der Waals surface area (Å²) in [6, 6.07) is 13.9. The van der Waals surface area contributed by atoms with E-state index in [2.05, 4.69) is 51.6 Å². The average molecular weight is 423 g/mol. The van der Waals surface area contributed by atoms with Gasteiger partial charge < -0.3 is 20.3 Å². The van der Waals surface area contributed by atoms with Gasteiger partial charge in [-0.05, 0) is 56.1 Å². The lowest BCUT2D eigenvalue weighted by Crippen LogP contribution is -2.46. The topological polar surface area (TPSA) is 73.9 Å². The molecular weight excluding hydrogens is 392 g/mol. The lowest BCUT2D eigenvalue weighted by atomic mass is 10.1. The molecule has 0 atom stereocenters. The van der Waals surface area contributed by atoms with E-state index < -0.39 is 0 Å². The molecule has 0 aliphatic carbocycles. The van der Waals surface area contributed by atoms with E-state index in [9.17, 15) is 9.59 Å². The second kappa shape index (κ2) is 9.83. The lowest BCUT2D eigenvalue weighted by molar-refractivity contribution is -0.118. The number of hydrogen-bond acceptors (Lipinski definition) is 5. The van der Waals surface area contributed by atoms with Crippen LogP contribution in [0.15, 0.2) is 42.5 Å². The molecule has 0 bridgehead atoms. The zero-order valence-electron chi connectivity index (χ0n) is 18.0. The van der Waals surface area contributed by atoms with Gasteiger partial charge in [0.05, 0.1) is 11.3 Å². The van der Waals surface area contributed by atoms with Crippen molar-refractivity contribution in [1.29, 1.82) is 0 Å². The van der Waals surface area contributed by atoms with Crippen molar-refractivity contribution in [2.75, 3.05) is 56.1 Å². The van der Waals surface area contributed by atoms with Crippen molar-refractivity contribution in [1.82, 2.24) is 10.2 Å². The normalized spacial score (nSPS) is 16.3. The van der Waals surface area contributed by atoms with E-state index in [1.807, 2.05) is 0 Å². The third-order valence-corrected chi connectivity index (χ3v) is 5.81. The molecule has 2 aliphatic heterocycles. The minimum Gasteiger partial charge on any atom is -0.481 e. The summed E-state index contributed by atoms with van der Waals surface area (Å²) in [5.41, 5.74) is 3.63. The predicted molar refractivity (Wildman–Crippen MR) is 122 cm³/mol. The minimum atomic E-state index is -0.204. The van der Waals surface area contributed by atoms with Crippen LogP contribution in [-0.4, -0.2) is 62.6 Å². The molecular formula is C24H30N4O3. The second-order valence-corrected chi connectivity index (χ2v) is 8.15. The molecule has 0 spiro atoms. The first-order valence-corrected chi connectivity index (χ1v) is 11.0. The number of fused-ring (bicyclic) bond motifs is 1. The van der Waals surface area contributed by atoms with Gasteiger partial charge in [0.15, 0.2) is 12.4 Å². The number of hydrogen-bond donors (Lipinski definition) is 2. The summed E-state index contributed by atoms with van der Waals surface area (Å²) in [5.74, 6) is 0.0793. The highest BCUT2D eigenvalue weighted by molar-refractivity contribution is 6.03. The van der Waals surface area contributed by atoms with E-state index in [0.29, 0.717) is 23.5 Å². The molecule has 7 heteroatoms. The van der Waals surface area contributed by atoms with E-state index in [4.69, 9.17) is 4.74 Å². The van der Waals surface area contributed by atoms with Gasteiger partial charge in [0.1, 0.15) is 0 Å². The van der Waals surface area contributed by atoms with Gasteiger partial charge in [-0.1, -0.05) is 18.2 Å². The van der Waals surface area contributed by atoms with E-state index in [0.717, 1.165) is 45.6 Å². The molecule has 0 aromatic heterocycles. The molecule has 2 aromatic carbocycles. The zero-order valence-corrected chi connectivity index (χ0v) is 18.0. The number of rotatable bonds is 7. The lowest BCUT2D eigenvalue weighted by Gasteiger charge is -2.36. The van der Waals surface area contributed by atoms with E-state index in [1.54, 1.807) is 18.2 Å². The molecule has 2 aromatic rings. The summed E-state index contributed by atoms with van der Waals surface area (Å²) >= 11 is 0. The molecule has 2 N–H and O–H groups in total. The van der Waals surface area contributed by atoms with Crippen LogP contribution in [0.4, 0.5) is 11.4 Å². The highest BCUT2D eigenvalue weighted by Crippen LogP contribution is 2.31. The van der Waals surface area contributed by atoms with Crippen molar-refractivity contribution in [2.24, 2.45) is 0 Å². The first-order chi connectivity index (χ1) is 15.1. The Morgan fingerprint density at radius 1 is 1.10 bits per heavy atom. The number of anilines is 2. The van der Waals surface area contributed by atoms with E-state index in [1.165, 1.54) is 11.3 Å². The van der Waals surface area contributed by atoms with Gasteiger partial charge in [-0.2, -0.15) is 0 Å². The summed E-state index contributed by atoms with van der Waals surface area (Å²) in [5, 5.41) is 5.70. The average Bonchev–Trinajstić information content (AvgIpc) is 2.78. The molecule has 31 heavy (non-hydrogen) atoms. The van der Waals surface area contributed by atoms with Crippen LogP contribution in [0.25, 0.3) is 0 Å². The molecule has 1 fully saturated rings. The number of aryl methyl sites for hydroxylation is 1. The maximum atomic E-state index is 12.5. The quantitative estimate of drug-likeness (QED) is 0.671. The highest BCUT2D eigenvalue weighted by Gasteiger charge is 2.22. The number of piperazine rings is 1. The molecule has 0 saturated carbocycles. The predicted octanol–water partition coefficient (Wildman–Crippen LogP) is 2.66. The molecule has 164 valence electrons. The molecule has 2 aliphatic rings. The third kappa shape index (κ3) is 5.35. The van der Waals surface area contributed by atoms with Gasteiger partial charge in [-0.25, -0.2) is 0 Å². The van der Waals surface area contributed by atoms with Crippen LogP contribution in [0, 0.1) is 6.92 Å². The van der Waals surface area contributed by atoms with Crippen LogP contribution in [-0.2, 0) is 4.79 Å². The standard InChI is InChI=1S/C24H30N4O3/c1-18-6-4-7-19(16-18)28-14-12-27(13-15-28)11-3-2-10-25-24(30)20-8-5-9-21-23(20)31-17-22(29)26-21/h4-9,16H,2-3,10-15,17H2,1H3,(H,25,30)(H,26,29). The van der Waals surface area contributed by atoms with E-state index >= 15 is 0 Å². The minimum absolute atomic E-state index is 0.0611. The first kappa shape index (κ1) is 21.2. The molecule has 2 heterocycles. The smallest absolute Gasteiger partial charge is 0.262 e. The van der Waals surface area contributed by atoms with Crippen LogP contribution in [0.3, 0.4) is 0 Å². The Morgan fingerprint density at radius 2 is 1.90 bits per heavy atom. The van der Waals surface area contributed by atoms with Crippen LogP contribution in [0.1, 0.15) is 28.8 Å². The summed E-state index contributed by atoms with van der Waals surface area (Å²) in [6.45, 7) is 7.99. The SMILES string of the molecule is Cc1cccc(N2CCN(CCCCNC(=O)c3cccc4c3OCC(=O)N4)CC2)c1. The largest absolute Gasteiger partial charge is 0.481 e. The van der Waals surface area contributed by atoms with Gasteiger partial charge in [0.25, 0.3) is 11.8 Å². The number of unbranched alkanes of at least 4 members (excludes halogenated alkanes) is 1. The fourth-order valence-corrected chi connectivity index (χ4v) is 4.11. The Balaban J connectivity index is 1.16. The van der Waals surface area contributed by atoms with Crippen molar-refractivity contribution < 1.29 is 14.3 Å². The fourth-order valence-electron chi connectivity index (χ4n) is 4.11.